The van der Waals surface area contributed by atoms with Crippen molar-refractivity contribution in [3.8, 4) is 0 Å². The monoisotopic (exact) mass is 318 g/mol. The maximum absolute atomic E-state index is 12.9. The number of Topliss-reactive ketones (excluding diaryl/α,β-unsaturated/α-hetero) is 1. The van der Waals surface area contributed by atoms with Gasteiger partial charge in [0.05, 0.1) is 11.5 Å². The Morgan fingerprint density at radius 2 is 1.58 bits per heavy atom. The van der Waals surface area contributed by atoms with Crippen LogP contribution in [0.2, 0.25) is 0 Å². The molecule has 0 aromatic heterocycles. The molecule has 0 N–H and O–H groups in total. The molecular formula is C22H22O2. The fraction of sp³-hybridized carbons (Fsp3) is 0.318. The van der Waals surface area contributed by atoms with Crippen molar-refractivity contribution in [2.75, 3.05) is 0 Å². The minimum atomic E-state index is -0.698. The maximum atomic E-state index is 12.9. The molecule has 2 aromatic carbocycles. The second-order valence-electron chi connectivity index (χ2n) is 7.17. The Morgan fingerprint density at radius 1 is 1.00 bits per heavy atom. The summed E-state index contributed by atoms with van der Waals surface area (Å²) < 4.78 is 6.73. The predicted octanol–water partition coefficient (Wildman–Crippen LogP) is 4.75. The summed E-state index contributed by atoms with van der Waals surface area (Å²) in [6.07, 6.45) is 0.449. The van der Waals surface area contributed by atoms with Crippen LogP contribution >= 0.6 is 0 Å². The molecule has 2 heteroatoms. The van der Waals surface area contributed by atoms with Gasteiger partial charge in [0.1, 0.15) is 11.4 Å². The Hall–Kier alpha value is -2.19. The molecule has 2 aliphatic heterocycles. The third-order valence-electron chi connectivity index (χ3n) is 5.80. The molecule has 1 saturated heterocycles. The highest BCUT2D eigenvalue weighted by atomic mass is 16.5. The average molecular weight is 318 g/mol. The van der Waals surface area contributed by atoms with Gasteiger partial charge in [-0.05, 0) is 36.1 Å². The predicted molar refractivity (Wildman–Crippen MR) is 95.4 cm³/mol. The molecule has 2 heterocycles. The fourth-order valence-electron chi connectivity index (χ4n) is 4.39. The minimum absolute atomic E-state index is 0.208. The van der Waals surface area contributed by atoms with Crippen LogP contribution in [0.3, 0.4) is 0 Å². The molecule has 0 aliphatic carbocycles. The van der Waals surface area contributed by atoms with Crippen molar-refractivity contribution in [2.45, 2.75) is 38.4 Å². The van der Waals surface area contributed by atoms with E-state index in [2.05, 4.69) is 38.1 Å². The normalized spacial score (nSPS) is 32.3. The lowest BCUT2D eigenvalue weighted by molar-refractivity contribution is -0.167. The van der Waals surface area contributed by atoms with Crippen LogP contribution in [0.15, 0.2) is 66.2 Å². The van der Waals surface area contributed by atoms with E-state index in [1.807, 2.05) is 43.3 Å². The molecule has 0 spiro atoms. The molecule has 24 heavy (non-hydrogen) atoms. The van der Waals surface area contributed by atoms with Crippen LogP contribution in [0.5, 0.6) is 0 Å². The summed E-state index contributed by atoms with van der Waals surface area (Å²) in [6.45, 7) is 6.19. The van der Waals surface area contributed by atoms with Crippen molar-refractivity contribution in [1.82, 2.24) is 0 Å². The Bertz CT molecular complexity index is 822. The topological polar surface area (TPSA) is 26.3 Å². The number of ketones is 1. The van der Waals surface area contributed by atoms with Crippen molar-refractivity contribution in [3.63, 3.8) is 0 Å². The lowest BCUT2D eigenvalue weighted by Gasteiger charge is -2.44. The van der Waals surface area contributed by atoms with Crippen molar-refractivity contribution in [1.29, 1.82) is 0 Å². The van der Waals surface area contributed by atoms with E-state index in [4.69, 9.17) is 4.74 Å². The lowest BCUT2D eigenvalue weighted by atomic mass is 9.72. The molecule has 2 bridgehead atoms. The van der Waals surface area contributed by atoms with Gasteiger partial charge in [-0.2, -0.15) is 0 Å². The van der Waals surface area contributed by atoms with E-state index in [1.165, 1.54) is 5.57 Å². The third kappa shape index (κ3) is 1.90. The van der Waals surface area contributed by atoms with Gasteiger partial charge in [0.25, 0.3) is 0 Å². The number of hydrogen-bond donors (Lipinski definition) is 0. The summed E-state index contributed by atoms with van der Waals surface area (Å²) >= 11 is 0. The van der Waals surface area contributed by atoms with Gasteiger partial charge in [0.2, 0.25) is 0 Å². The van der Waals surface area contributed by atoms with E-state index >= 15 is 0 Å². The molecule has 1 fully saturated rings. The summed E-state index contributed by atoms with van der Waals surface area (Å²) in [6, 6.07) is 20.6. The summed E-state index contributed by atoms with van der Waals surface area (Å²) in [5.41, 5.74) is 3.32. The second kappa shape index (κ2) is 5.15. The molecule has 0 saturated carbocycles. The van der Waals surface area contributed by atoms with Gasteiger partial charge in [-0.15, -0.1) is 0 Å². The number of carbonyl (C=O) groups excluding carboxylic acids is 1. The van der Waals surface area contributed by atoms with Gasteiger partial charge in [-0.25, -0.2) is 0 Å². The first-order chi connectivity index (χ1) is 11.5. The number of fused-ring (bicyclic) bond motifs is 2. The molecule has 0 amide bonds. The zero-order valence-electron chi connectivity index (χ0n) is 14.4. The van der Waals surface area contributed by atoms with E-state index in [0.717, 1.165) is 16.7 Å². The van der Waals surface area contributed by atoms with Crippen LogP contribution < -0.4 is 0 Å². The lowest BCUT2D eigenvalue weighted by Crippen LogP contribution is -2.49. The van der Waals surface area contributed by atoms with Crippen LogP contribution in [-0.2, 0) is 15.1 Å². The van der Waals surface area contributed by atoms with E-state index in [-0.39, 0.29) is 11.7 Å². The summed E-state index contributed by atoms with van der Waals surface area (Å²) in [5, 5.41) is 0. The Morgan fingerprint density at radius 3 is 2.21 bits per heavy atom. The van der Waals surface area contributed by atoms with Gasteiger partial charge in [0.15, 0.2) is 0 Å². The van der Waals surface area contributed by atoms with Crippen molar-refractivity contribution < 1.29 is 9.53 Å². The van der Waals surface area contributed by atoms with Gasteiger partial charge < -0.3 is 4.74 Å². The number of rotatable bonds is 2. The minimum Gasteiger partial charge on any atom is -0.354 e. The zero-order chi connectivity index (χ0) is 16.9. The standard InChI is InChI=1S/C22H22O2/c1-15-19(23)14-21(3)16(2)20(17-10-6-4-7-11-17)22(15,24-21)18-12-8-5-9-13-18/h4-13,15H,14H2,1-3H3/t15-,21+,22+/m0/s1. The average Bonchev–Trinajstić information content (AvgIpc) is 2.81. The smallest absolute Gasteiger partial charge is 0.142 e. The molecule has 0 unspecified atom stereocenters. The molecule has 0 radical (unpaired) electrons. The Labute approximate surface area is 143 Å². The number of carbonyl (C=O) groups is 1. The number of ether oxygens (including phenoxy) is 1. The second-order valence-corrected chi connectivity index (χ2v) is 7.17. The molecule has 3 atom stereocenters. The molecule has 2 aliphatic rings. The summed E-state index contributed by atoms with van der Waals surface area (Å²) in [7, 11) is 0. The number of benzene rings is 2. The first kappa shape index (κ1) is 15.3. The van der Waals surface area contributed by atoms with E-state index in [0.29, 0.717) is 6.42 Å². The van der Waals surface area contributed by atoms with Gasteiger partial charge >= 0.3 is 0 Å². The van der Waals surface area contributed by atoms with Crippen molar-refractivity contribution >= 4 is 11.4 Å². The van der Waals surface area contributed by atoms with Crippen molar-refractivity contribution in [2.24, 2.45) is 5.92 Å². The quantitative estimate of drug-likeness (QED) is 0.798. The third-order valence-corrected chi connectivity index (χ3v) is 5.80. The van der Waals surface area contributed by atoms with Crippen LogP contribution in [0, 0.1) is 5.92 Å². The highest BCUT2D eigenvalue weighted by Crippen LogP contribution is 2.60. The molecule has 4 rings (SSSR count). The largest absolute Gasteiger partial charge is 0.354 e. The van der Waals surface area contributed by atoms with Crippen LogP contribution in [-0.4, -0.2) is 11.4 Å². The fourth-order valence-corrected chi connectivity index (χ4v) is 4.39. The van der Waals surface area contributed by atoms with E-state index < -0.39 is 11.2 Å². The Kier molecular flexibility index (Phi) is 3.29. The molecule has 2 aromatic rings. The highest BCUT2D eigenvalue weighted by molar-refractivity contribution is 5.94. The van der Waals surface area contributed by atoms with Gasteiger partial charge in [-0.1, -0.05) is 67.6 Å². The van der Waals surface area contributed by atoms with Crippen LogP contribution in [0.4, 0.5) is 0 Å². The first-order valence-electron chi connectivity index (χ1n) is 8.55. The van der Waals surface area contributed by atoms with E-state index in [1.54, 1.807) is 0 Å². The number of hydrogen-bond acceptors (Lipinski definition) is 2. The first-order valence-corrected chi connectivity index (χ1v) is 8.55. The van der Waals surface area contributed by atoms with Crippen LogP contribution in [0.1, 0.15) is 38.3 Å². The molecule has 2 nitrogen and oxygen atoms in total. The zero-order valence-corrected chi connectivity index (χ0v) is 14.4. The molecular weight excluding hydrogens is 296 g/mol. The van der Waals surface area contributed by atoms with Crippen molar-refractivity contribution in [3.05, 3.63) is 77.4 Å². The van der Waals surface area contributed by atoms with Gasteiger partial charge in [0, 0.05) is 6.42 Å². The molecule has 122 valence electrons. The SMILES string of the molecule is CC1=C(c2ccccc2)[C@@]2(c3ccccc3)O[C@]1(C)CC(=O)[C@@H]2C. The maximum Gasteiger partial charge on any atom is 0.142 e. The Balaban J connectivity index is 2.05. The summed E-state index contributed by atoms with van der Waals surface area (Å²) in [5.74, 6) is 0.0681. The highest BCUT2D eigenvalue weighted by Gasteiger charge is 2.61. The van der Waals surface area contributed by atoms with E-state index in [9.17, 15) is 4.79 Å². The van der Waals surface area contributed by atoms with Gasteiger partial charge in [-0.3, -0.25) is 4.79 Å². The van der Waals surface area contributed by atoms with Crippen LogP contribution in [0.25, 0.3) is 5.57 Å². The summed E-state index contributed by atoms with van der Waals surface area (Å²) in [4.78, 5) is 12.9.